The molecule has 0 radical (unpaired) electrons. The minimum absolute atomic E-state index is 0.00325. The lowest BCUT2D eigenvalue weighted by Gasteiger charge is -2.34. The van der Waals surface area contributed by atoms with Gasteiger partial charge in [0.2, 0.25) is 0 Å². The van der Waals surface area contributed by atoms with Crippen molar-refractivity contribution in [1.29, 1.82) is 0 Å². The number of piperazine rings is 1. The number of aryl methyl sites for hydroxylation is 3. The van der Waals surface area contributed by atoms with E-state index in [1.807, 2.05) is 36.2 Å². The van der Waals surface area contributed by atoms with E-state index in [4.69, 9.17) is 0 Å². The highest BCUT2D eigenvalue weighted by atomic mass is 16.2. The van der Waals surface area contributed by atoms with E-state index in [-0.39, 0.29) is 11.5 Å². The van der Waals surface area contributed by atoms with Crippen LogP contribution >= 0.6 is 0 Å². The maximum Gasteiger partial charge on any atom is 0.275 e. The minimum Gasteiger partial charge on any atom is -0.335 e. The Morgan fingerprint density at radius 2 is 1.77 bits per heavy atom. The number of carbonyl (C=O) groups excluding carboxylic acids is 1. The molecular formula is C23H28N6O2. The molecule has 3 heterocycles. The number of rotatable bonds is 4. The van der Waals surface area contributed by atoms with Crippen LogP contribution in [0.4, 0.5) is 0 Å². The van der Waals surface area contributed by atoms with Gasteiger partial charge in [-0.1, -0.05) is 18.2 Å². The Morgan fingerprint density at radius 1 is 1.00 bits per heavy atom. The fourth-order valence-electron chi connectivity index (χ4n) is 4.69. The number of fused-ring (bicyclic) bond motifs is 2. The predicted molar refractivity (Wildman–Crippen MR) is 118 cm³/mol. The van der Waals surface area contributed by atoms with Crippen LogP contribution in [-0.2, 0) is 26.4 Å². The van der Waals surface area contributed by atoms with Gasteiger partial charge in [0, 0.05) is 51.2 Å². The lowest BCUT2D eigenvalue weighted by atomic mass is 9.97. The molecule has 0 N–H and O–H groups in total. The first kappa shape index (κ1) is 19.9. The standard InChI is InChI=1S/C23H28N6O2/c1-26-20-9-5-3-7-18(20)22(25-26)23(31)28-13-10-27(11-14-28)12-15-29-21(30)16-17-6-2-4-8-19(17)24-29/h3,5,7,9,16H,2,4,6,8,10-15H2,1H3. The molecule has 0 bridgehead atoms. The van der Waals surface area contributed by atoms with Crippen LogP contribution < -0.4 is 5.56 Å². The lowest BCUT2D eigenvalue weighted by Crippen LogP contribution is -2.49. The van der Waals surface area contributed by atoms with Crippen molar-refractivity contribution in [2.45, 2.75) is 32.2 Å². The summed E-state index contributed by atoms with van der Waals surface area (Å²) in [6, 6.07) is 9.60. The van der Waals surface area contributed by atoms with Crippen LogP contribution in [0.15, 0.2) is 35.1 Å². The average Bonchev–Trinajstić information content (AvgIpc) is 3.14. The first-order valence-corrected chi connectivity index (χ1v) is 11.1. The Morgan fingerprint density at radius 3 is 2.61 bits per heavy atom. The van der Waals surface area contributed by atoms with Gasteiger partial charge in [-0.05, 0) is 37.3 Å². The fraction of sp³-hybridized carbons (Fsp3) is 0.478. The summed E-state index contributed by atoms with van der Waals surface area (Å²) in [7, 11) is 1.87. The monoisotopic (exact) mass is 420 g/mol. The second kappa shape index (κ2) is 8.26. The molecule has 2 aliphatic rings. The number of para-hydroxylation sites is 1. The molecule has 5 rings (SSSR count). The molecule has 1 aliphatic carbocycles. The van der Waals surface area contributed by atoms with Gasteiger partial charge in [-0.2, -0.15) is 10.2 Å². The first-order chi connectivity index (χ1) is 15.1. The van der Waals surface area contributed by atoms with Gasteiger partial charge in [-0.3, -0.25) is 19.2 Å². The molecule has 0 unspecified atom stereocenters. The van der Waals surface area contributed by atoms with Crippen LogP contribution in [0.25, 0.3) is 10.9 Å². The van der Waals surface area contributed by atoms with Crippen molar-refractivity contribution in [3.05, 3.63) is 57.6 Å². The molecule has 31 heavy (non-hydrogen) atoms. The number of benzene rings is 1. The van der Waals surface area contributed by atoms with E-state index in [0.29, 0.717) is 25.3 Å². The second-order valence-electron chi connectivity index (χ2n) is 8.51. The van der Waals surface area contributed by atoms with Crippen molar-refractivity contribution in [3.63, 3.8) is 0 Å². The van der Waals surface area contributed by atoms with Gasteiger partial charge in [-0.25, -0.2) is 4.68 Å². The molecule has 162 valence electrons. The Bertz CT molecular complexity index is 1170. The van der Waals surface area contributed by atoms with Crippen molar-refractivity contribution in [3.8, 4) is 0 Å². The third-order valence-electron chi connectivity index (χ3n) is 6.52. The second-order valence-corrected chi connectivity index (χ2v) is 8.51. The van der Waals surface area contributed by atoms with Gasteiger partial charge >= 0.3 is 0 Å². The van der Waals surface area contributed by atoms with Crippen molar-refractivity contribution >= 4 is 16.8 Å². The van der Waals surface area contributed by atoms with Crippen molar-refractivity contribution in [2.24, 2.45) is 7.05 Å². The highest BCUT2D eigenvalue weighted by Crippen LogP contribution is 2.20. The van der Waals surface area contributed by atoms with E-state index < -0.39 is 0 Å². The Hall–Kier alpha value is -3.00. The van der Waals surface area contributed by atoms with Gasteiger partial charge < -0.3 is 4.90 Å². The highest BCUT2D eigenvalue weighted by molar-refractivity contribution is 6.04. The van der Waals surface area contributed by atoms with E-state index >= 15 is 0 Å². The first-order valence-electron chi connectivity index (χ1n) is 11.1. The van der Waals surface area contributed by atoms with Crippen LogP contribution in [0.2, 0.25) is 0 Å². The molecule has 1 amide bonds. The largest absolute Gasteiger partial charge is 0.335 e. The number of carbonyl (C=O) groups is 1. The van der Waals surface area contributed by atoms with E-state index in [0.717, 1.165) is 67.5 Å². The summed E-state index contributed by atoms with van der Waals surface area (Å²) in [5, 5.41) is 9.98. The van der Waals surface area contributed by atoms with Crippen LogP contribution in [0.1, 0.15) is 34.6 Å². The van der Waals surface area contributed by atoms with E-state index in [2.05, 4.69) is 15.1 Å². The molecule has 1 fully saturated rings. The molecule has 0 saturated carbocycles. The minimum atomic E-state index is -0.0102. The molecule has 0 spiro atoms. The van der Waals surface area contributed by atoms with Gasteiger partial charge in [0.25, 0.3) is 11.5 Å². The summed E-state index contributed by atoms with van der Waals surface area (Å²) < 4.78 is 3.38. The summed E-state index contributed by atoms with van der Waals surface area (Å²) in [6.07, 6.45) is 4.24. The summed E-state index contributed by atoms with van der Waals surface area (Å²) in [4.78, 5) is 29.6. The van der Waals surface area contributed by atoms with Crippen LogP contribution in [0.3, 0.4) is 0 Å². The number of hydrogen-bond donors (Lipinski definition) is 0. The van der Waals surface area contributed by atoms with Crippen LogP contribution in [0, 0.1) is 0 Å². The maximum absolute atomic E-state index is 13.1. The molecule has 1 aliphatic heterocycles. The van der Waals surface area contributed by atoms with Gasteiger partial charge in [-0.15, -0.1) is 0 Å². The predicted octanol–water partition coefficient (Wildman–Crippen LogP) is 1.47. The Kier molecular flexibility index (Phi) is 5.31. The molecular weight excluding hydrogens is 392 g/mol. The zero-order chi connectivity index (χ0) is 21.4. The molecule has 2 aromatic heterocycles. The van der Waals surface area contributed by atoms with E-state index in [1.165, 1.54) is 0 Å². The Labute approximate surface area is 181 Å². The third kappa shape index (κ3) is 3.87. The molecule has 1 aromatic carbocycles. The fourth-order valence-corrected chi connectivity index (χ4v) is 4.69. The molecule has 8 nitrogen and oxygen atoms in total. The highest BCUT2D eigenvalue weighted by Gasteiger charge is 2.25. The van der Waals surface area contributed by atoms with E-state index in [1.54, 1.807) is 15.4 Å². The summed E-state index contributed by atoms with van der Waals surface area (Å²) in [5.41, 5.74) is 3.70. The number of aromatic nitrogens is 4. The summed E-state index contributed by atoms with van der Waals surface area (Å²) in [5.74, 6) is -0.0102. The zero-order valence-electron chi connectivity index (χ0n) is 18.0. The van der Waals surface area contributed by atoms with Gasteiger partial charge in [0.15, 0.2) is 5.69 Å². The normalized spacial score (nSPS) is 17.1. The van der Waals surface area contributed by atoms with Gasteiger partial charge in [0.1, 0.15) is 0 Å². The van der Waals surface area contributed by atoms with Gasteiger partial charge in [0.05, 0.1) is 17.8 Å². The molecule has 1 saturated heterocycles. The summed E-state index contributed by atoms with van der Waals surface area (Å²) >= 11 is 0. The molecule has 0 atom stereocenters. The topological polar surface area (TPSA) is 76.3 Å². The maximum atomic E-state index is 13.1. The quantitative estimate of drug-likeness (QED) is 0.639. The third-order valence-corrected chi connectivity index (χ3v) is 6.52. The molecule has 3 aromatic rings. The molecule has 8 heteroatoms. The average molecular weight is 421 g/mol. The van der Waals surface area contributed by atoms with Crippen molar-refractivity contribution in [2.75, 3.05) is 32.7 Å². The lowest BCUT2D eigenvalue weighted by molar-refractivity contribution is 0.0626. The van der Waals surface area contributed by atoms with E-state index in [9.17, 15) is 9.59 Å². The Balaban J connectivity index is 1.20. The van der Waals surface area contributed by atoms with Crippen LogP contribution in [0.5, 0.6) is 0 Å². The SMILES string of the molecule is Cn1nc(C(=O)N2CCN(CCn3nc4c(cc3=O)CCCC4)CC2)c2ccccc21. The number of amides is 1. The number of hydrogen-bond acceptors (Lipinski definition) is 5. The van der Waals surface area contributed by atoms with Crippen molar-refractivity contribution in [1.82, 2.24) is 29.4 Å². The zero-order valence-corrected chi connectivity index (χ0v) is 18.0. The smallest absolute Gasteiger partial charge is 0.275 e. The number of nitrogens with zero attached hydrogens (tertiary/aromatic N) is 6. The van der Waals surface area contributed by atoms with Crippen LogP contribution in [-0.4, -0.2) is 68.0 Å². The summed E-state index contributed by atoms with van der Waals surface area (Å²) in [6.45, 7) is 4.25. The van der Waals surface area contributed by atoms with Crippen molar-refractivity contribution < 1.29 is 4.79 Å².